The lowest BCUT2D eigenvalue weighted by atomic mass is 10.1. The van der Waals surface area contributed by atoms with E-state index in [2.05, 4.69) is 21.6 Å². The Balaban J connectivity index is 1.94. The summed E-state index contributed by atoms with van der Waals surface area (Å²) < 4.78 is 5.90. The summed E-state index contributed by atoms with van der Waals surface area (Å²) >= 11 is 0. The molecule has 2 aromatic carbocycles. The Bertz CT molecular complexity index is 915. The van der Waals surface area contributed by atoms with E-state index in [-0.39, 0.29) is 5.78 Å². The van der Waals surface area contributed by atoms with E-state index in [1.54, 1.807) is 30.3 Å². The van der Waals surface area contributed by atoms with Crippen LogP contribution in [0.3, 0.4) is 0 Å². The van der Waals surface area contributed by atoms with Gasteiger partial charge >= 0.3 is 0 Å². The summed E-state index contributed by atoms with van der Waals surface area (Å²) in [6.07, 6.45) is 1.25. The van der Waals surface area contributed by atoms with Gasteiger partial charge in [-0.15, -0.1) is 0 Å². The van der Waals surface area contributed by atoms with Crippen LogP contribution in [0.4, 0.5) is 0 Å². The highest BCUT2D eigenvalue weighted by Gasteiger charge is 2.13. The Hall–Kier alpha value is -3.39. The summed E-state index contributed by atoms with van der Waals surface area (Å²) in [4.78, 5) is 11.3. The molecule has 0 saturated carbocycles. The minimum Gasteiger partial charge on any atom is -0.539 e. The lowest BCUT2D eigenvalue weighted by Gasteiger charge is -1.95. The van der Waals surface area contributed by atoms with Crippen molar-refractivity contribution in [3.8, 4) is 23.5 Å². The van der Waals surface area contributed by atoms with Gasteiger partial charge in [0.1, 0.15) is 5.95 Å². The lowest BCUT2D eigenvalue weighted by Crippen LogP contribution is -2.32. The van der Waals surface area contributed by atoms with Crippen molar-refractivity contribution in [3.63, 3.8) is 0 Å². The molecule has 0 N–H and O–H groups in total. The number of nitrogens with zero attached hydrogens (tertiary/aromatic N) is 2. The van der Waals surface area contributed by atoms with Crippen molar-refractivity contribution >= 4 is 5.78 Å². The second-order valence-corrected chi connectivity index (χ2v) is 4.87. The van der Waals surface area contributed by atoms with Crippen LogP contribution in [-0.2, 0) is 0 Å². The van der Waals surface area contributed by atoms with Crippen molar-refractivity contribution < 1.29 is 19.1 Å². The molecule has 0 spiro atoms. The first-order valence-corrected chi connectivity index (χ1v) is 6.91. The third kappa shape index (κ3) is 3.27. The number of rotatable bonds is 2. The van der Waals surface area contributed by atoms with E-state index in [0.29, 0.717) is 16.8 Å². The summed E-state index contributed by atoms with van der Waals surface area (Å²) in [5, 5.41) is 14.8. The minimum absolute atomic E-state index is 0.0192. The van der Waals surface area contributed by atoms with E-state index in [1.165, 1.54) is 17.8 Å². The Morgan fingerprint density at radius 2 is 1.87 bits per heavy atom. The van der Waals surface area contributed by atoms with E-state index in [1.807, 2.05) is 18.2 Å². The van der Waals surface area contributed by atoms with Gasteiger partial charge in [0.2, 0.25) is 6.20 Å². The number of Topliss-reactive ketones (excluding diaryl/α,β-unsaturated/α-hetero) is 1. The van der Waals surface area contributed by atoms with E-state index in [4.69, 9.17) is 0 Å². The lowest BCUT2D eigenvalue weighted by molar-refractivity contribution is -0.670. The fraction of sp³-hybridized carbons (Fsp3) is 0.0556. The summed E-state index contributed by atoms with van der Waals surface area (Å²) in [5.41, 5.74) is 2.81. The summed E-state index contributed by atoms with van der Waals surface area (Å²) in [6, 6.07) is 14.4. The van der Waals surface area contributed by atoms with Crippen LogP contribution < -0.4 is 9.79 Å². The molecule has 112 valence electrons. The number of carbonyl (C=O) groups excluding carboxylic acids is 1. The second kappa shape index (κ2) is 6.16. The van der Waals surface area contributed by atoms with Crippen molar-refractivity contribution in [2.24, 2.45) is 0 Å². The highest BCUT2D eigenvalue weighted by atomic mass is 16.6. The topological polar surface area (TPSA) is 70.0 Å². The van der Waals surface area contributed by atoms with Crippen LogP contribution in [0.5, 0.6) is 5.95 Å². The average molecular weight is 304 g/mol. The molecule has 1 heterocycles. The van der Waals surface area contributed by atoms with Crippen molar-refractivity contribution in [2.75, 3.05) is 0 Å². The maximum Gasteiger partial charge on any atom is 0.254 e. The highest BCUT2D eigenvalue weighted by Crippen LogP contribution is 2.09. The summed E-state index contributed by atoms with van der Waals surface area (Å²) in [7, 11) is 0. The monoisotopic (exact) mass is 304 g/mol. The molecule has 0 aliphatic rings. The molecule has 0 radical (unpaired) electrons. The molecule has 0 aliphatic carbocycles. The van der Waals surface area contributed by atoms with Crippen LogP contribution in [0.2, 0.25) is 0 Å². The van der Waals surface area contributed by atoms with Crippen molar-refractivity contribution in [1.29, 1.82) is 0 Å². The van der Waals surface area contributed by atoms with Crippen LogP contribution in [0.1, 0.15) is 28.4 Å². The molecule has 5 heteroatoms. The first kappa shape index (κ1) is 14.5. The second-order valence-electron chi connectivity index (χ2n) is 4.87. The molecule has 0 unspecified atom stereocenters. The van der Waals surface area contributed by atoms with Gasteiger partial charge in [0.15, 0.2) is 5.78 Å². The molecular formula is C18H12N2O3. The molecule has 0 saturated heterocycles. The SMILES string of the molecule is CC(=O)c1ccc(C#Cc2ccccc2-[n+]2cc([O-])on2)cc1. The van der Waals surface area contributed by atoms with Crippen molar-refractivity contribution in [1.82, 2.24) is 5.27 Å². The molecular weight excluding hydrogens is 292 g/mol. The quantitative estimate of drug-likeness (QED) is 0.410. The standard InChI is InChI=1S/C18H12N2O3/c1-13(21)15-9-6-14(7-10-15)8-11-16-4-2-3-5-17(16)20-12-18(22)23-19-20/h2-7,9-10,12H,1H3. The highest BCUT2D eigenvalue weighted by molar-refractivity contribution is 5.94. The molecule has 1 aromatic heterocycles. The van der Waals surface area contributed by atoms with Gasteiger partial charge in [-0.2, -0.15) is 0 Å². The molecule has 23 heavy (non-hydrogen) atoms. The van der Waals surface area contributed by atoms with Gasteiger partial charge in [0.25, 0.3) is 5.69 Å². The molecule has 0 aliphatic heterocycles. The molecule has 0 bridgehead atoms. The van der Waals surface area contributed by atoms with E-state index >= 15 is 0 Å². The number of para-hydroxylation sites is 1. The van der Waals surface area contributed by atoms with Crippen molar-refractivity contribution in [3.05, 3.63) is 71.4 Å². The summed E-state index contributed by atoms with van der Waals surface area (Å²) in [6.45, 7) is 1.52. The van der Waals surface area contributed by atoms with Gasteiger partial charge in [-0.05, 0) is 29.8 Å². The number of carbonyl (C=O) groups is 1. The molecule has 0 atom stereocenters. The normalized spacial score (nSPS) is 9.96. The Morgan fingerprint density at radius 1 is 1.13 bits per heavy atom. The largest absolute Gasteiger partial charge is 0.539 e. The van der Waals surface area contributed by atoms with Crippen molar-refractivity contribution in [2.45, 2.75) is 6.92 Å². The molecule has 0 amide bonds. The third-order valence-corrected chi connectivity index (χ3v) is 3.23. The van der Waals surface area contributed by atoms with Crippen LogP contribution in [-0.4, -0.2) is 11.1 Å². The number of benzene rings is 2. The maximum absolute atomic E-state index is 11.3. The predicted molar refractivity (Wildman–Crippen MR) is 79.9 cm³/mol. The van der Waals surface area contributed by atoms with Crippen LogP contribution in [0.15, 0.2) is 59.3 Å². The first-order chi connectivity index (χ1) is 11.1. The fourth-order valence-electron chi connectivity index (χ4n) is 2.05. The smallest absolute Gasteiger partial charge is 0.254 e. The zero-order valence-corrected chi connectivity index (χ0v) is 12.3. The molecule has 3 aromatic rings. The van der Waals surface area contributed by atoms with Gasteiger partial charge in [-0.1, -0.05) is 36.1 Å². The number of aromatic nitrogens is 2. The Labute approximate surface area is 132 Å². The number of hydrogen-bond donors (Lipinski definition) is 0. The number of hydrogen-bond acceptors (Lipinski definition) is 4. The summed E-state index contributed by atoms with van der Waals surface area (Å²) in [5.74, 6) is 5.58. The predicted octanol–water partition coefficient (Wildman–Crippen LogP) is 1.63. The van der Waals surface area contributed by atoms with Gasteiger partial charge in [-0.3, -0.25) is 4.79 Å². The minimum atomic E-state index is -0.521. The van der Waals surface area contributed by atoms with E-state index in [9.17, 15) is 9.90 Å². The zero-order valence-electron chi connectivity index (χ0n) is 12.3. The molecule has 3 rings (SSSR count). The van der Waals surface area contributed by atoms with Gasteiger partial charge < -0.3 is 9.63 Å². The van der Waals surface area contributed by atoms with Crippen LogP contribution in [0.25, 0.3) is 5.69 Å². The van der Waals surface area contributed by atoms with Gasteiger partial charge in [0, 0.05) is 17.2 Å². The molecule has 5 nitrogen and oxygen atoms in total. The first-order valence-electron chi connectivity index (χ1n) is 6.91. The Morgan fingerprint density at radius 3 is 2.52 bits per heavy atom. The van der Waals surface area contributed by atoms with Gasteiger partial charge in [-0.25, -0.2) is 0 Å². The van der Waals surface area contributed by atoms with Crippen LogP contribution in [0, 0.1) is 11.8 Å². The fourth-order valence-corrected chi connectivity index (χ4v) is 2.05. The van der Waals surface area contributed by atoms with E-state index in [0.717, 1.165) is 5.56 Å². The zero-order chi connectivity index (χ0) is 16.2. The average Bonchev–Trinajstić information content (AvgIpc) is 3.00. The third-order valence-electron chi connectivity index (χ3n) is 3.23. The van der Waals surface area contributed by atoms with Gasteiger partial charge in [0.05, 0.1) is 10.8 Å². The number of ketones is 1. The van der Waals surface area contributed by atoms with Crippen LogP contribution >= 0.6 is 0 Å². The Kier molecular flexibility index (Phi) is 3.89. The molecule has 0 fully saturated rings. The maximum atomic E-state index is 11.3. The van der Waals surface area contributed by atoms with E-state index < -0.39 is 5.95 Å².